The van der Waals surface area contributed by atoms with Crippen molar-refractivity contribution >= 4 is 11.6 Å². The summed E-state index contributed by atoms with van der Waals surface area (Å²) in [5, 5.41) is 5.97. The molecule has 1 aromatic carbocycles. The molecule has 1 heterocycles. The van der Waals surface area contributed by atoms with Crippen LogP contribution >= 0.6 is 0 Å². The summed E-state index contributed by atoms with van der Waals surface area (Å²) in [6, 6.07) is 8.16. The second kappa shape index (κ2) is 8.88. The quantitative estimate of drug-likeness (QED) is 0.729. The number of carbonyl (C=O) groups is 1. The van der Waals surface area contributed by atoms with E-state index in [9.17, 15) is 9.18 Å². The lowest BCUT2D eigenvalue weighted by Crippen LogP contribution is -2.23. The van der Waals surface area contributed by atoms with Gasteiger partial charge in [0.25, 0.3) is 5.91 Å². The van der Waals surface area contributed by atoms with Gasteiger partial charge in [0.15, 0.2) is 0 Å². The number of nitrogens with one attached hydrogen (secondary N) is 2. The fourth-order valence-corrected chi connectivity index (χ4v) is 2.19. The first kappa shape index (κ1) is 16.9. The molecule has 2 N–H and O–H groups in total. The number of pyridine rings is 1. The lowest BCUT2D eigenvalue weighted by Gasteiger charge is -2.09. The predicted octanol–water partition coefficient (Wildman–Crippen LogP) is 3.75. The van der Waals surface area contributed by atoms with Gasteiger partial charge in [0, 0.05) is 31.0 Å². The van der Waals surface area contributed by atoms with Gasteiger partial charge in [-0.3, -0.25) is 9.78 Å². The average molecular weight is 315 g/mol. The lowest BCUT2D eigenvalue weighted by molar-refractivity contribution is 0.0950. The molecule has 0 atom stereocenters. The molecule has 1 aromatic heterocycles. The Hall–Kier alpha value is -2.43. The number of anilines is 1. The van der Waals surface area contributed by atoms with Crippen LogP contribution in [0.1, 0.15) is 42.1 Å². The molecule has 0 saturated heterocycles. The van der Waals surface area contributed by atoms with E-state index < -0.39 is 0 Å². The summed E-state index contributed by atoms with van der Waals surface area (Å²) >= 11 is 0. The smallest absolute Gasteiger partial charge is 0.253 e. The zero-order valence-electron chi connectivity index (χ0n) is 13.3. The Bertz CT molecular complexity index is 646. The van der Waals surface area contributed by atoms with Crippen LogP contribution in [0, 0.1) is 5.82 Å². The average Bonchev–Trinajstić information content (AvgIpc) is 2.58. The molecule has 0 aliphatic heterocycles. The van der Waals surface area contributed by atoms with Gasteiger partial charge in [-0.15, -0.1) is 0 Å². The molecule has 5 heteroatoms. The highest BCUT2D eigenvalue weighted by Gasteiger charge is 2.08. The number of carbonyl (C=O) groups excluding carboxylic acids is 1. The fourth-order valence-electron chi connectivity index (χ4n) is 2.19. The molecule has 122 valence electrons. The summed E-state index contributed by atoms with van der Waals surface area (Å²) < 4.78 is 13.5. The van der Waals surface area contributed by atoms with Crippen molar-refractivity contribution in [1.82, 2.24) is 10.3 Å². The normalized spacial score (nSPS) is 10.3. The SMILES string of the molecule is CCCCCNc1cncc(C(=O)NCc2ccccc2F)c1. The maximum absolute atomic E-state index is 13.5. The minimum atomic E-state index is -0.322. The highest BCUT2D eigenvalue weighted by molar-refractivity contribution is 5.94. The highest BCUT2D eigenvalue weighted by Crippen LogP contribution is 2.10. The van der Waals surface area contributed by atoms with Crippen molar-refractivity contribution in [3.8, 4) is 0 Å². The van der Waals surface area contributed by atoms with Gasteiger partial charge < -0.3 is 10.6 Å². The topological polar surface area (TPSA) is 54.0 Å². The van der Waals surface area contributed by atoms with Gasteiger partial charge in [0.05, 0.1) is 11.3 Å². The van der Waals surface area contributed by atoms with Crippen LogP contribution < -0.4 is 10.6 Å². The van der Waals surface area contributed by atoms with Crippen LogP contribution in [-0.2, 0) is 6.54 Å². The number of hydrogen-bond acceptors (Lipinski definition) is 3. The molecule has 0 unspecified atom stereocenters. The molecule has 4 nitrogen and oxygen atoms in total. The van der Waals surface area contributed by atoms with Crippen LogP contribution in [0.2, 0.25) is 0 Å². The lowest BCUT2D eigenvalue weighted by atomic mass is 10.2. The van der Waals surface area contributed by atoms with Crippen molar-refractivity contribution in [2.24, 2.45) is 0 Å². The Morgan fingerprint density at radius 2 is 2.04 bits per heavy atom. The number of amides is 1. The van der Waals surface area contributed by atoms with Gasteiger partial charge in [-0.25, -0.2) is 4.39 Å². The summed E-state index contributed by atoms with van der Waals surface area (Å²) in [5.41, 5.74) is 1.74. The Kier molecular flexibility index (Phi) is 6.54. The van der Waals surface area contributed by atoms with Gasteiger partial charge in [0.2, 0.25) is 0 Å². The molecule has 2 rings (SSSR count). The first-order valence-corrected chi connectivity index (χ1v) is 7.91. The second-order valence-corrected chi connectivity index (χ2v) is 5.37. The second-order valence-electron chi connectivity index (χ2n) is 5.37. The number of nitrogens with zero attached hydrogens (tertiary/aromatic N) is 1. The number of rotatable bonds is 8. The maximum atomic E-state index is 13.5. The van der Waals surface area contributed by atoms with E-state index in [0.29, 0.717) is 11.1 Å². The Morgan fingerprint density at radius 3 is 2.83 bits per heavy atom. The molecule has 0 radical (unpaired) electrons. The van der Waals surface area contributed by atoms with Crippen molar-refractivity contribution in [1.29, 1.82) is 0 Å². The van der Waals surface area contributed by atoms with E-state index in [4.69, 9.17) is 0 Å². The fraction of sp³-hybridized carbons (Fsp3) is 0.333. The molecule has 0 aliphatic rings. The third kappa shape index (κ3) is 5.36. The Labute approximate surface area is 136 Å². The van der Waals surface area contributed by atoms with Crippen LogP contribution in [0.15, 0.2) is 42.7 Å². The van der Waals surface area contributed by atoms with Gasteiger partial charge in [-0.1, -0.05) is 38.0 Å². The standard InChI is InChI=1S/C18H22FN3O/c1-2-3-6-9-21-16-10-15(11-20-13-16)18(23)22-12-14-7-4-5-8-17(14)19/h4-5,7-8,10-11,13,21H,2-3,6,9,12H2,1H3,(H,22,23). The summed E-state index contributed by atoms with van der Waals surface area (Å²) in [6.07, 6.45) is 6.62. The summed E-state index contributed by atoms with van der Waals surface area (Å²) in [7, 11) is 0. The number of hydrogen-bond donors (Lipinski definition) is 2. The van der Waals surface area contributed by atoms with E-state index in [-0.39, 0.29) is 18.3 Å². The molecule has 23 heavy (non-hydrogen) atoms. The number of halogens is 1. The van der Waals surface area contributed by atoms with Crippen molar-refractivity contribution < 1.29 is 9.18 Å². The van der Waals surface area contributed by atoms with Gasteiger partial charge in [-0.05, 0) is 18.6 Å². The monoisotopic (exact) mass is 315 g/mol. The molecular weight excluding hydrogens is 293 g/mol. The van der Waals surface area contributed by atoms with Gasteiger partial charge in [0.1, 0.15) is 5.82 Å². The van der Waals surface area contributed by atoms with E-state index in [2.05, 4.69) is 22.5 Å². The zero-order valence-corrected chi connectivity index (χ0v) is 13.3. The minimum absolute atomic E-state index is 0.152. The predicted molar refractivity (Wildman–Crippen MR) is 89.8 cm³/mol. The molecule has 0 aliphatic carbocycles. The Morgan fingerprint density at radius 1 is 1.22 bits per heavy atom. The van der Waals surface area contributed by atoms with Crippen LogP contribution in [0.3, 0.4) is 0 Å². The maximum Gasteiger partial charge on any atom is 0.253 e. The first-order chi connectivity index (χ1) is 11.2. The summed E-state index contributed by atoms with van der Waals surface area (Å²) in [6.45, 7) is 3.16. The highest BCUT2D eigenvalue weighted by atomic mass is 19.1. The largest absolute Gasteiger partial charge is 0.384 e. The van der Waals surface area contributed by atoms with Crippen molar-refractivity contribution in [2.45, 2.75) is 32.7 Å². The van der Waals surface area contributed by atoms with Gasteiger partial charge >= 0.3 is 0 Å². The number of aromatic nitrogens is 1. The Balaban J connectivity index is 1.90. The van der Waals surface area contributed by atoms with Crippen molar-refractivity contribution in [3.63, 3.8) is 0 Å². The van der Waals surface area contributed by atoms with Crippen LogP contribution in [0.25, 0.3) is 0 Å². The minimum Gasteiger partial charge on any atom is -0.384 e. The molecule has 0 fully saturated rings. The van der Waals surface area contributed by atoms with E-state index in [1.807, 2.05) is 0 Å². The number of unbranched alkanes of at least 4 members (excludes halogenated alkanes) is 2. The van der Waals surface area contributed by atoms with Crippen LogP contribution in [0.5, 0.6) is 0 Å². The molecular formula is C18H22FN3O. The molecule has 0 spiro atoms. The van der Waals surface area contributed by atoms with E-state index in [1.165, 1.54) is 25.1 Å². The summed E-state index contributed by atoms with van der Waals surface area (Å²) in [5.74, 6) is -0.588. The third-order valence-electron chi connectivity index (χ3n) is 3.51. The van der Waals surface area contributed by atoms with Gasteiger partial charge in [-0.2, -0.15) is 0 Å². The van der Waals surface area contributed by atoms with Crippen LogP contribution in [0.4, 0.5) is 10.1 Å². The van der Waals surface area contributed by atoms with Crippen molar-refractivity contribution in [2.75, 3.05) is 11.9 Å². The molecule has 1 amide bonds. The number of benzene rings is 1. The zero-order chi connectivity index (χ0) is 16.5. The van der Waals surface area contributed by atoms with E-state index in [1.54, 1.807) is 30.5 Å². The first-order valence-electron chi connectivity index (χ1n) is 7.91. The molecule has 0 saturated carbocycles. The third-order valence-corrected chi connectivity index (χ3v) is 3.51. The van der Waals surface area contributed by atoms with Crippen LogP contribution in [-0.4, -0.2) is 17.4 Å². The van der Waals surface area contributed by atoms with E-state index >= 15 is 0 Å². The van der Waals surface area contributed by atoms with Crippen molar-refractivity contribution in [3.05, 3.63) is 59.7 Å². The summed E-state index contributed by atoms with van der Waals surface area (Å²) in [4.78, 5) is 16.2. The van der Waals surface area contributed by atoms with E-state index in [0.717, 1.165) is 18.7 Å². The molecule has 0 bridgehead atoms. The molecule has 2 aromatic rings.